The van der Waals surface area contributed by atoms with Crippen LogP contribution in [0.3, 0.4) is 0 Å². The Balaban J connectivity index is 2.02. The zero-order chi connectivity index (χ0) is 14.8. The smallest absolute Gasteiger partial charge is 0.323 e. The molecule has 1 aliphatic rings. The third-order valence-electron chi connectivity index (χ3n) is 3.97. The molecule has 0 aliphatic heterocycles. The van der Waals surface area contributed by atoms with E-state index < -0.39 is 17.8 Å². The predicted molar refractivity (Wildman–Crippen MR) is 73.2 cm³/mol. The van der Waals surface area contributed by atoms with Gasteiger partial charge >= 0.3 is 6.18 Å². The molecular formula is C15H21F3N2. The molecule has 1 aromatic rings. The summed E-state index contributed by atoms with van der Waals surface area (Å²) in [6.07, 6.45) is -0.639. The summed E-state index contributed by atoms with van der Waals surface area (Å²) in [5.41, 5.74) is 5.55. The fourth-order valence-corrected chi connectivity index (χ4v) is 2.70. The fraction of sp³-hybridized carbons (Fsp3) is 0.600. The molecule has 1 fully saturated rings. The molecule has 0 spiro atoms. The molecule has 112 valence electrons. The van der Waals surface area contributed by atoms with Crippen molar-refractivity contribution < 1.29 is 13.2 Å². The summed E-state index contributed by atoms with van der Waals surface area (Å²) >= 11 is 0. The highest BCUT2D eigenvalue weighted by Gasteiger charge is 2.34. The Hall–Kier alpha value is -1.07. The third kappa shape index (κ3) is 3.73. The van der Waals surface area contributed by atoms with Gasteiger partial charge in [-0.05, 0) is 37.4 Å². The quantitative estimate of drug-likeness (QED) is 0.898. The molecule has 1 atom stereocenters. The zero-order valence-corrected chi connectivity index (χ0v) is 11.7. The number of rotatable bonds is 5. The van der Waals surface area contributed by atoms with Gasteiger partial charge in [-0.1, -0.05) is 24.6 Å². The van der Waals surface area contributed by atoms with E-state index >= 15 is 0 Å². The fourth-order valence-electron chi connectivity index (χ4n) is 2.70. The number of benzene rings is 1. The summed E-state index contributed by atoms with van der Waals surface area (Å²) in [5, 5.41) is 0. The zero-order valence-electron chi connectivity index (χ0n) is 11.7. The van der Waals surface area contributed by atoms with Gasteiger partial charge in [-0.25, -0.2) is 0 Å². The van der Waals surface area contributed by atoms with Crippen LogP contribution in [0.1, 0.15) is 36.4 Å². The molecule has 1 aromatic carbocycles. The van der Waals surface area contributed by atoms with E-state index in [1.54, 1.807) is 6.07 Å². The Kier molecular flexibility index (Phi) is 4.70. The first-order valence-corrected chi connectivity index (χ1v) is 6.98. The van der Waals surface area contributed by atoms with Crippen molar-refractivity contribution in [3.05, 3.63) is 35.4 Å². The highest BCUT2D eigenvalue weighted by molar-refractivity contribution is 5.32. The van der Waals surface area contributed by atoms with Crippen molar-refractivity contribution in [3.63, 3.8) is 0 Å². The Bertz CT molecular complexity index is 441. The molecule has 0 amide bonds. The Morgan fingerprint density at radius 3 is 2.50 bits per heavy atom. The molecule has 2 rings (SSSR count). The van der Waals surface area contributed by atoms with Gasteiger partial charge in [0.1, 0.15) is 0 Å². The first-order valence-electron chi connectivity index (χ1n) is 6.98. The van der Waals surface area contributed by atoms with Crippen LogP contribution in [-0.2, 0) is 6.18 Å². The van der Waals surface area contributed by atoms with E-state index in [1.165, 1.54) is 31.4 Å². The van der Waals surface area contributed by atoms with Crippen molar-refractivity contribution in [2.45, 2.75) is 31.5 Å². The summed E-state index contributed by atoms with van der Waals surface area (Å²) in [4.78, 5) is 2.04. The maximum Gasteiger partial charge on any atom is 0.416 e. The summed E-state index contributed by atoms with van der Waals surface area (Å²) in [7, 11) is 1.92. The second kappa shape index (κ2) is 6.14. The molecule has 0 aromatic heterocycles. The van der Waals surface area contributed by atoms with Crippen molar-refractivity contribution in [2.75, 3.05) is 20.1 Å². The molecule has 0 bridgehead atoms. The first kappa shape index (κ1) is 15.3. The number of hydrogen-bond acceptors (Lipinski definition) is 2. The number of halogens is 3. The van der Waals surface area contributed by atoms with Crippen LogP contribution in [0.25, 0.3) is 0 Å². The van der Waals surface area contributed by atoms with Crippen LogP contribution >= 0.6 is 0 Å². The largest absolute Gasteiger partial charge is 0.416 e. The lowest BCUT2D eigenvalue weighted by atomic mass is 9.85. The van der Waals surface area contributed by atoms with Crippen molar-refractivity contribution >= 4 is 0 Å². The summed E-state index contributed by atoms with van der Waals surface area (Å²) in [6, 6.07) is 4.97. The Morgan fingerprint density at radius 1 is 1.30 bits per heavy atom. The monoisotopic (exact) mass is 286 g/mol. The number of nitrogens with two attached hydrogens (primary N) is 1. The van der Waals surface area contributed by atoms with E-state index in [0.29, 0.717) is 12.5 Å². The van der Waals surface area contributed by atoms with Crippen LogP contribution in [0.4, 0.5) is 13.2 Å². The van der Waals surface area contributed by atoms with Crippen molar-refractivity contribution in [2.24, 2.45) is 11.7 Å². The van der Waals surface area contributed by atoms with Crippen molar-refractivity contribution in [1.29, 1.82) is 0 Å². The van der Waals surface area contributed by atoms with Crippen molar-refractivity contribution in [1.82, 2.24) is 4.90 Å². The SMILES string of the molecule is CN(CC1CCC1)CC(N)c1ccccc1C(F)(F)F. The van der Waals surface area contributed by atoms with Crippen LogP contribution in [0.15, 0.2) is 24.3 Å². The highest BCUT2D eigenvalue weighted by atomic mass is 19.4. The maximum absolute atomic E-state index is 13.0. The van der Waals surface area contributed by atoms with Gasteiger partial charge in [-0.2, -0.15) is 13.2 Å². The van der Waals surface area contributed by atoms with Gasteiger partial charge in [0.15, 0.2) is 0 Å². The highest BCUT2D eigenvalue weighted by Crippen LogP contribution is 2.34. The van der Waals surface area contributed by atoms with Crippen LogP contribution in [0.5, 0.6) is 0 Å². The molecule has 0 saturated heterocycles. The van der Waals surface area contributed by atoms with E-state index in [1.807, 2.05) is 11.9 Å². The lowest BCUT2D eigenvalue weighted by molar-refractivity contribution is -0.138. The molecule has 2 N–H and O–H groups in total. The molecule has 20 heavy (non-hydrogen) atoms. The van der Waals surface area contributed by atoms with E-state index in [2.05, 4.69) is 0 Å². The van der Waals surface area contributed by atoms with Gasteiger partial charge < -0.3 is 10.6 Å². The van der Waals surface area contributed by atoms with E-state index in [0.717, 1.165) is 12.6 Å². The van der Waals surface area contributed by atoms with Crippen LogP contribution in [0, 0.1) is 5.92 Å². The van der Waals surface area contributed by atoms with Crippen LogP contribution < -0.4 is 5.73 Å². The minimum absolute atomic E-state index is 0.181. The Morgan fingerprint density at radius 2 is 1.95 bits per heavy atom. The molecule has 1 saturated carbocycles. The van der Waals surface area contributed by atoms with Gasteiger partial charge in [-0.3, -0.25) is 0 Å². The molecule has 5 heteroatoms. The normalized spacial score (nSPS) is 18.1. The minimum Gasteiger partial charge on any atom is -0.323 e. The minimum atomic E-state index is -4.35. The number of alkyl halides is 3. The molecule has 1 aliphatic carbocycles. The van der Waals surface area contributed by atoms with Crippen LogP contribution in [0.2, 0.25) is 0 Å². The van der Waals surface area contributed by atoms with Gasteiger partial charge in [0.25, 0.3) is 0 Å². The standard InChI is InChI=1S/C15H21F3N2/c1-20(9-11-5-4-6-11)10-14(19)12-7-2-3-8-13(12)15(16,17)18/h2-3,7-8,11,14H,4-6,9-10,19H2,1H3. The number of nitrogens with zero attached hydrogens (tertiary/aromatic N) is 1. The molecule has 0 heterocycles. The van der Waals surface area contributed by atoms with E-state index in [4.69, 9.17) is 5.73 Å². The van der Waals surface area contributed by atoms with Crippen molar-refractivity contribution in [3.8, 4) is 0 Å². The van der Waals surface area contributed by atoms with Gasteiger partial charge in [0.2, 0.25) is 0 Å². The topological polar surface area (TPSA) is 29.3 Å². The Labute approximate surface area is 117 Å². The lowest BCUT2D eigenvalue weighted by Crippen LogP contribution is -2.35. The molecular weight excluding hydrogens is 265 g/mol. The predicted octanol–water partition coefficient (Wildman–Crippen LogP) is 3.44. The summed E-state index contributed by atoms with van der Waals surface area (Å²) in [5.74, 6) is 0.685. The van der Waals surface area contributed by atoms with Gasteiger partial charge in [0, 0.05) is 19.1 Å². The summed E-state index contributed by atoms with van der Waals surface area (Å²) in [6.45, 7) is 1.37. The average molecular weight is 286 g/mol. The average Bonchev–Trinajstić information content (AvgIpc) is 2.33. The molecule has 2 nitrogen and oxygen atoms in total. The molecule has 0 radical (unpaired) electrons. The summed E-state index contributed by atoms with van der Waals surface area (Å²) < 4.78 is 38.9. The maximum atomic E-state index is 13.0. The lowest BCUT2D eigenvalue weighted by Gasteiger charge is -2.31. The van der Waals surface area contributed by atoms with Gasteiger partial charge in [-0.15, -0.1) is 0 Å². The first-order chi connectivity index (χ1) is 9.38. The second-order valence-corrected chi connectivity index (χ2v) is 5.71. The van der Waals surface area contributed by atoms with E-state index in [9.17, 15) is 13.2 Å². The molecule has 1 unspecified atom stereocenters. The van der Waals surface area contributed by atoms with E-state index in [-0.39, 0.29) is 5.56 Å². The number of likely N-dealkylation sites (N-methyl/N-ethyl adjacent to an activating group) is 1. The third-order valence-corrected chi connectivity index (χ3v) is 3.97. The van der Waals surface area contributed by atoms with Crippen LogP contribution in [-0.4, -0.2) is 25.0 Å². The number of hydrogen-bond donors (Lipinski definition) is 1. The second-order valence-electron chi connectivity index (χ2n) is 5.71. The van der Waals surface area contributed by atoms with Gasteiger partial charge in [0.05, 0.1) is 5.56 Å².